The van der Waals surface area contributed by atoms with Crippen molar-refractivity contribution in [1.82, 2.24) is 4.90 Å². The van der Waals surface area contributed by atoms with Crippen LogP contribution in [0.3, 0.4) is 0 Å². The molecule has 0 spiro atoms. The number of hydrogen-bond acceptors (Lipinski definition) is 2. The summed E-state index contributed by atoms with van der Waals surface area (Å²) in [7, 11) is 0. The van der Waals surface area contributed by atoms with Crippen molar-refractivity contribution < 1.29 is 9.53 Å². The fourth-order valence-corrected chi connectivity index (χ4v) is 2.53. The average molecular weight is 253 g/mol. The highest BCUT2D eigenvalue weighted by molar-refractivity contribution is 5.67. The summed E-state index contributed by atoms with van der Waals surface area (Å²) in [5.74, 6) is 1.01. The van der Waals surface area contributed by atoms with Crippen LogP contribution >= 0.6 is 0 Å². The first kappa shape index (κ1) is 15.1. The topological polar surface area (TPSA) is 29.5 Å². The van der Waals surface area contributed by atoms with E-state index >= 15 is 0 Å². The van der Waals surface area contributed by atoms with Crippen molar-refractivity contribution in [3.8, 4) is 0 Å². The van der Waals surface area contributed by atoms with Gasteiger partial charge in [-0.3, -0.25) is 0 Å². The van der Waals surface area contributed by atoms with Gasteiger partial charge in [0.15, 0.2) is 0 Å². The number of hydrogen-bond donors (Lipinski definition) is 0. The summed E-state index contributed by atoms with van der Waals surface area (Å²) in [6.45, 7) is 14.6. The fraction of sp³-hybridized carbons (Fsp3) is 0.800. The molecule has 1 amide bonds. The van der Waals surface area contributed by atoms with Gasteiger partial charge in [-0.2, -0.15) is 0 Å². The third-order valence-electron chi connectivity index (χ3n) is 4.06. The molecule has 0 heterocycles. The number of ether oxygens (including phenoxy) is 1. The van der Waals surface area contributed by atoms with Gasteiger partial charge in [0.2, 0.25) is 0 Å². The van der Waals surface area contributed by atoms with E-state index in [1.807, 2.05) is 13.8 Å². The van der Waals surface area contributed by atoms with Crippen LogP contribution in [-0.4, -0.2) is 30.7 Å². The van der Waals surface area contributed by atoms with E-state index in [0.29, 0.717) is 31.5 Å². The Hall–Kier alpha value is -0.990. The molecule has 0 aliphatic heterocycles. The summed E-state index contributed by atoms with van der Waals surface area (Å²) in [6.07, 6.45) is 2.12. The molecule has 0 aromatic carbocycles. The minimum Gasteiger partial charge on any atom is -0.449 e. The highest BCUT2D eigenvalue weighted by Gasteiger charge is 2.56. The van der Waals surface area contributed by atoms with Gasteiger partial charge in [-0.25, -0.2) is 4.79 Å². The molecule has 1 rings (SSSR count). The minimum absolute atomic E-state index is 0.182. The zero-order valence-corrected chi connectivity index (χ0v) is 12.6. The maximum atomic E-state index is 11.8. The number of allylic oxidation sites excluding steroid dienone is 2. The van der Waals surface area contributed by atoms with Crippen LogP contribution in [0.5, 0.6) is 0 Å². The van der Waals surface area contributed by atoms with Gasteiger partial charge in [0.25, 0.3) is 0 Å². The van der Waals surface area contributed by atoms with Crippen LogP contribution in [0.15, 0.2) is 11.6 Å². The fourth-order valence-electron chi connectivity index (χ4n) is 2.53. The molecule has 2 atom stereocenters. The first-order valence-corrected chi connectivity index (χ1v) is 6.91. The van der Waals surface area contributed by atoms with E-state index in [1.165, 1.54) is 5.57 Å². The Kier molecular flexibility index (Phi) is 4.83. The van der Waals surface area contributed by atoms with Gasteiger partial charge >= 0.3 is 6.09 Å². The molecule has 1 aliphatic rings. The van der Waals surface area contributed by atoms with Gasteiger partial charge in [0, 0.05) is 19.0 Å². The van der Waals surface area contributed by atoms with Crippen LogP contribution in [0.4, 0.5) is 4.79 Å². The largest absolute Gasteiger partial charge is 0.449 e. The molecule has 0 N–H and O–H groups in total. The highest BCUT2D eigenvalue weighted by atomic mass is 16.6. The molecule has 3 nitrogen and oxygen atoms in total. The molecule has 1 saturated carbocycles. The Morgan fingerprint density at radius 3 is 2.28 bits per heavy atom. The maximum Gasteiger partial charge on any atom is 0.409 e. The molecule has 18 heavy (non-hydrogen) atoms. The van der Waals surface area contributed by atoms with Crippen molar-refractivity contribution in [1.29, 1.82) is 0 Å². The van der Waals surface area contributed by atoms with E-state index in [0.717, 1.165) is 0 Å². The lowest BCUT2D eigenvalue weighted by molar-refractivity contribution is 0.0981. The number of nitrogens with zero attached hydrogens (tertiary/aromatic N) is 1. The second-order valence-electron chi connectivity index (χ2n) is 5.95. The van der Waals surface area contributed by atoms with Crippen molar-refractivity contribution in [2.24, 2.45) is 17.3 Å². The lowest BCUT2D eigenvalue weighted by Gasteiger charge is -2.18. The van der Waals surface area contributed by atoms with Gasteiger partial charge in [0.1, 0.15) is 0 Å². The molecular weight excluding hydrogens is 226 g/mol. The Labute approximate surface area is 111 Å². The van der Waals surface area contributed by atoms with Crippen molar-refractivity contribution >= 4 is 6.09 Å². The summed E-state index contributed by atoms with van der Waals surface area (Å²) < 4.78 is 5.42. The number of carbonyl (C=O) groups is 1. The van der Waals surface area contributed by atoms with E-state index in [2.05, 4.69) is 33.8 Å². The van der Waals surface area contributed by atoms with Gasteiger partial charge in [-0.15, -0.1) is 0 Å². The second kappa shape index (κ2) is 5.77. The zero-order chi connectivity index (χ0) is 13.9. The maximum absolute atomic E-state index is 11.8. The van der Waals surface area contributed by atoms with Crippen LogP contribution in [-0.2, 0) is 4.74 Å². The molecule has 2 unspecified atom stereocenters. The predicted molar refractivity (Wildman–Crippen MR) is 74.5 cm³/mol. The van der Waals surface area contributed by atoms with Crippen LogP contribution in [0.25, 0.3) is 0 Å². The van der Waals surface area contributed by atoms with Crippen molar-refractivity contribution in [2.45, 2.75) is 41.5 Å². The molecule has 1 fully saturated rings. The number of rotatable bonds is 5. The van der Waals surface area contributed by atoms with Gasteiger partial charge < -0.3 is 9.64 Å². The van der Waals surface area contributed by atoms with Crippen LogP contribution in [0, 0.1) is 17.3 Å². The van der Waals surface area contributed by atoms with Crippen LogP contribution < -0.4 is 0 Å². The summed E-state index contributed by atoms with van der Waals surface area (Å²) in [4.78, 5) is 13.5. The molecule has 0 radical (unpaired) electrons. The Morgan fingerprint density at radius 2 is 1.83 bits per heavy atom. The molecule has 104 valence electrons. The Balaban J connectivity index is 2.46. The monoisotopic (exact) mass is 253 g/mol. The lowest BCUT2D eigenvalue weighted by Crippen LogP contribution is -2.31. The number of amides is 1. The third-order valence-corrected chi connectivity index (χ3v) is 4.06. The van der Waals surface area contributed by atoms with Crippen molar-refractivity contribution in [2.75, 3.05) is 19.7 Å². The Bertz CT molecular complexity index is 325. The summed E-state index contributed by atoms with van der Waals surface area (Å²) >= 11 is 0. The van der Waals surface area contributed by atoms with Crippen LogP contribution in [0.2, 0.25) is 0 Å². The molecule has 0 saturated heterocycles. The normalized spacial score (nSPS) is 24.3. The Morgan fingerprint density at radius 1 is 1.28 bits per heavy atom. The minimum atomic E-state index is -0.182. The van der Waals surface area contributed by atoms with Crippen molar-refractivity contribution in [3.05, 3.63) is 11.6 Å². The predicted octanol–water partition coefficient (Wildman–Crippen LogP) is 3.70. The summed E-state index contributed by atoms with van der Waals surface area (Å²) in [5, 5.41) is 0. The van der Waals surface area contributed by atoms with E-state index < -0.39 is 0 Å². The van der Waals surface area contributed by atoms with E-state index in [4.69, 9.17) is 4.74 Å². The second-order valence-corrected chi connectivity index (χ2v) is 5.95. The standard InChI is InChI=1S/C15H27NO2/c1-7-16(8-2)14(17)18-10-13-12(9-11(3)4)15(13,5)6/h9,12-13H,7-8,10H2,1-6H3. The molecule has 0 aromatic rings. The van der Waals surface area contributed by atoms with E-state index in [-0.39, 0.29) is 11.5 Å². The molecule has 0 bridgehead atoms. The van der Waals surface area contributed by atoms with Crippen LogP contribution in [0.1, 0.15) is 41.5 Å². The van der Waals surface area contributed by atoms with Gasteiger partial charge in [-0.1, -0.05) is 25.5 Å². The first-order chi connectivity index (χ1) is 8.34. The molecule has 0 aromatic heterocycles. The first-order valence-electron chi connectivity index (χ1n) is 6.91. The summed E-state index contributed by atoms with van der Waals surface area (Å²) in [5.41, 5.74) is 1.60. The highest BCUT2D eigenvalue weighted by Crippen LogP contribution is 2.59. The zero-order valence-electron chi connectivity index (χ0n) is 12.6. The number of carbonyl (C=O) groups excluding carboxylic acids is 1. The third kappa shape index (κ3) is 3.27. The SMILES string of the molecule is CCN(CC)C(=O)OCC1C(C=C(C)C)C1(C)C. The molecule has 3 heteroatoms. The quantitative estimate of drug-likeness (QED) is 0.699. The van der Waals surface area contributed by atoms with Gasteiger partial charge in [0.05, 0.1) is 6.61 Å². The molecule has 1 aliphatic carbocycles. The van der Waals surface area contributed by atoms with Gasteiger partial charge in [-0.05, 0) is 39.0 Å². The van der Waals surface area contributed by atoms with Crippen molar-refractivity contribution in [3.63, 3.8) is 0 Å². The smallest absolute Gasteiger partial charge is 0.409 e. The average Bonchev–Trinajstić information content (AvgIpc) is 2.78. The van der Waals surface area contributed by atoms with E-state index in [9.17, 15) is 4.79 Å². The lowest BCUT2D eigenvalue weighted by atomic mass is 10.1. The molecular formula is C15H27NO2. The summed E-state index contributed by atoms with van der Waals surface area (Å²) in [6, 6.07) is 0. The van der Waals surface area contributed by atoms with E-state index in [1.54, 1.807) is 4.90 Å².